The van der Waals surface area contributed by atoms with E-state index in [0.29, 0.717) is 17.9 Å². The van der Waals surface area contributed by atoms with E-state index < -0.39 is 11.5 Å². The second kappa shape index (κ2) is 4.71. The van der Waals surface area contributed by atoms with Crippen LogP contribution in [-0.4, -0.2) is 28.1 Å². The number of nitrogens with zero attached hydrogens (tertiary/aromatic N) is 1. The monoisotopic (exact) mass is 235 g/mol. The highest BCUT2D eigenvalue weighted by atomic mass is 16.3. The molecule has 1 aliphatic carbocycles. The minimum atomic E-state index is -0.674. The van der Waals surface area contributed by atoms with E-state index in [9.17, 15) is 9.90 Å². The van der Waals surface area contributed by atoms with Crippen molar-refractivity contribution in [2.75, 3.05) is 11.9 Å². The van der Waals surface area contributed by atoms with Crippen LogP contribution in [0.1, 0.15) is 36.0 Å². The number of amides is 1. The standard InChI is InChI=1S/C12H17N3O2/c13-10(16)9-4-3-7-14-11(9)15-8-12(17)5-1-2-6-12/h3-4,7,17H,1-2,5-6,8H2,(H2,13,16)(H,14,15). The molecule has 1 amide bonds. The van der Waals surface area contributed by atoms with E-state index in [4.69, 9.17) is 5.73 Å². The maximum atomic E-state index is 11.2. The van der Waals surface area contributed by atoms with Crippen molar-refractivity contribution < 1.29 is 9.90 Å². The van der Waals surface area contributed by atoms with Crippen LogP contribution < -0.4 is 11.1 Å². The molecule has 17 heavy (non-hydrogen) atoms. The zero-order valence-electron chi connectivity index (χ0n) is 9.65. The van der Waals surface area contributed by atoms with Gasteiger partial charge in [0.05, 0.1) is 11.2 Å². The summed E-state index contributed by atoms with van der Waals surface area (Å²) in [4.78, 5) is 15.2. The molecule has 1 fully saturated rings. The number of anilines is 1. The van der Waals surface area contributed by atoms with E-state index in [1.807, 2.05) is 0 Å². The fraction of sp³-hybridized carbons (Fsp3) is 0.500. The molecule has 0 atom stereocenters. The van der Waals surface area contributed by atoms with Crippen molar-refractivity contribution in [3.05, 3.63) is 23.9 Å². The van der Waals surface area contributed by atoms with E-state index in [1.54, 1.807) is 18.3 Å². The first-order chi connectivity index (χ1) is 8.11. The van der Waals surface area contributed by atoms with E-state index in [2.05, 4.69) is 10.3 Å². The van der Waals surface area contributed by atoms with Crippen LogP contribution in [0.3, 0.4) is 0 Å². The maximum absolute atomic E-state index is 11.2. The fourth-order valence-electron chi connectivity index (χ4n) is 2.20. The Morgan fingerprint density at radius 1 is 1.53 bits per heavy atom. The summed E-state index contributed by atoms with van der Waals surface area (Å²) in [5.41, 5.74) is 4.93. The van der Waals surface area contributed by atoms with E-state index in [1.165, 1.54) is 0 Å². The molecule has 1 saturated carbocycles. The highest BCUT2D eigenvalue weighted by Gasteiger charge is 2.31. The smallest absolute Gasteiger partial charge is 0.252 e. The SMILES string of the molecule is NC(=O)c1cccnc1NCC1(O)CCCC1. The summed E-state index contributed by atoms with van der Waals surface area (Å²) in [7, 11) is 0. The van der Waals surface area contributed by atoms with Crippen LogP contribution in [0.4, 0.5) is 5.82 Å². The number of aromatic nitrogens is 1. The minimum absolute atomic E-state index is 0.356. The molecule has 0 spiro atoms. The van der Waals surface area contributed by atoms with E-state index in [-0.39, 0.29) is 0 Å². The second-order valence-corrected chi connectivity index (χ2v) is 4.55. The summed E-state index contributed by atoms with van der Waals surface area (Å²) in [5.74, 6) is -0.0701. The largest absolute Gasteiger partial charge is 0.388 e. The zero-order valence-corrected chi connectivity index (χ0v) is 9.65. The molecule has 0 aromatic carbocycles. The maximum Gasteiger partial charge on any atom is 0.252 e. The molecule has 0 bridgehead atoms. The van der Waals surface area contributed by atoms with Crippen molar-refractivity contribution in [1.29, 1.82) is 0 Å². The number of nitrogens with two attached hydrogens (primary N) is 1. The molecule has 1 heterocycles. The quantitative estimate of drug-likeness (QED) is 0.723. The Labute approximate surface area is 100 Å². The predicted molar refractivity (Wildman–Crippen MR) is 64.7 cm³/mol. The summed E-state index contributed by atoms with van der Waals surface area (Å²) in [6.07, 6.45) is 5.26. The molecule has 0 aliphatic heterocycles. The lowest BCUT2D eigenvalue weighted by molar-refractivity contribution is 0.0613. The van der Waals surface area contributed by atoms with Crippen LogP contribution in [0.15, 0.2) is 18.3 Å². The minimum Gasteiger partial charge on any atom is -0.388 e. The number of pyridine rings is 1. The predicted octanol–water partition coefficient (Wildman–Crippen LogP) is 0.897. The Bertz CT molecular complexity index is 414. The van der Waals surface area contributed by atoms with E-state index in [0.717, 1.165) is 25.7 Å². The zero-order chi connectivity index (χ0) is 12.3. The lowest BCUT2D eigenvalue weighted by Crippen LogP contribution is -2.34. The van der Waals surface area contributed by atoms with Crippen LogP contribution in [0.5, 0.6) is 0 Å². The lowest BCUT2D eigenvalue weighted by Gasteiger charge is -2.23. The molecule has 1 aliphatic rings. The lowest BCUT2D eigenvalue weighted by atomic mass is 10.0. The first-order valence-electron chi connectivity index (χ1n) is 5.82. The van der Waals surface area contributed by atoms with Crippen molar-refractivity contribution in [3.63, 3.8) is 0 Å². The van der Waals surface area contributed by atoms with Gasteiger partial charge in [-0.05, 0) is 25.0 Å². The molecule has 0 radical (unpaired) electrons. The summed E-state index contributed by atoms with van der Waals surface area (Å²) in [6, 6.07) is 3.28. The Morgan fingerprint density at radius 2 is 2.24 bits per heavy atom. The van der Waals surface area contributed by atoms with Crippen LogP contribution >= 0.6 is 0 Å². The highest BCUT2D eigenvalue weighted by molar-refractivity contribution is 5.97. The van der Waals surface area contributed by atoms with Gasteiger partial charge >= 0.3 is 0 Å². The number of nitrogens with one attached hydrogen (secondary N) is 1. The molecule has 0 unspecified atom stereocenters. The topological polar surface area (TPSA) is 88.2 Å². The van der Waals surface area contributed by atoms with Gasteiger partial charge < -0.3 is 16.2 Å². The second-order valence-electron chi connectivity index (χ2n) is 4.55. The molecule has 4 N–H and O–H groups in total. The Morgan fingerprint density at radius 3 is 2.88 bits per heavy atom. The van der Waals surface area contributed by atoms with Crippen molar-refractivity contribution in [3.8, 4) is 0 Å². The van der Waals surface area contributed by atoms with Crippen LogP contribution in [0.25, 0.3) is 0 Å². The van der Waals surface area contributed by atoms with Gasteiger partial charge in [0, 0.05) is 12.7 Å². The molecule has 2 rings (SSSR count). The number of carbonyl (C=O) groups excluding carboxylic acids is 1. The van der Waals surface area contributed by atoms with Gasteiger partial charge in [-0.15, -0.1) is 0 Å². The van der Waals surface area contributed by atoms with Crippen molar-refractivity contribution in [1.82, 2.24) is 4.98 Å². The molecule has 5 heteroatoms. The van der Waals surface area contributed by atoms with Gasteiger partial charge in [-0.3, -0.25) is 4.79 Å². The van der Waals surface area contributed by atoms with E-state index >= 15 is 0 Å². The number of hydrogen-bond acceptors (Lipinski definition) is 4. The molecular formula is C12H17N3O2. The molecule has 5 nitrogen and oxygen atoms in total. The van der Waals surface area contributed by atoms with Gasteiger partial charge in [0.2, 0.25) is 0 Å². The van der Waals surface area contributed by atoms with Crippen LogP contribution in [0, 0.1) is 0 Å². The van der Waals surface area contributed by atoms with Gasteiger partial charge in [-0.25, -0.2) is 4.98 Å². The summed E-state index contributed by atoms with van der Waals surface area (Å²) < 4.78 is 0. The normalized spacial score (nSPS) is 17.9. The van der Waals surface area contributed by atoms with Gasteiger partial charge in [0.1, 0.15) is 5.82 Å². The first kappa shape index (κ1) is 11.9. The van der Waals surface area contributed by atoms with Gasteiger partial charge in [-0.2, -0.15) is 0 Å². The average molecular weight is 235 g/mol. The molecule has 0 saturated heterocycles. The number of aliphatic hydroxyl groups is 1. The first-order valence-corrected chi connectivity index (χ1v) is 5.82. The summed E-state index contributed by atoms with van der Waals surface area (Å²) in [6.45, 7) is 0.407. The summed E-state index contributed by atoms with van der Waals surface area (Å²) >= 11 is 0. The van der Waals surface area contributed by atoms with Gasteiger partial charge in [0.25, 0.3) is 5.91 Å². The number of carbonyl (C=O) groups is 1. The molecular weight excluding hydrogens is 218 g/mol. The number of rotatable bonds is 4. The molecule has 92 valence electrons. The average Bonchev–Trinajstić information content (AvgIpc) is 2.74. The fourth-order valence-corrected chi connectivity index (χ4v) is 2.20. The number of primary amides is 1. The third-order valence-corrected chi connectivity index (χ3v) is 3.19. The molecule has 1 aromatic heterocycles. The third-order valence-electron chi connectivity index (χ3n) is 3.19. The van der Waals surface area contributed by atoms with Gasteiger partial charge in [0.15, 0.2) is 0 Å². The highest BCUT2D eigenvalue weighted by Crippen LogP contribution is 2.29. The Hall–Kier alpha value is -1.62. The Kier molecular flexibility index (Phi) is 3.28. The number of hydrogen-bond donors (Lipinski definition) is 3. The summed E-state index contributed by atoms with van der Waals surface area (Å²) in [5, 5.41) is 13.2. The molecule has 1 aromatic rings. The third kappa shape index (κ3) is 2.74. The van der Waals surface area contributed by atoms with Crippen molar-refractivity contribution in [2.24, 2.45) is 5.73 Å². The van der Waals surface area contributed by atoms with Crippen molar-refractivity contribution in [2.45, 2.75) is 31.3 Å². The Balaban J connectivity index is 2.06. The van der Waals surface area contributed by atoms with Crippen molar-refractivity contribution >= 4 is 11.7 Å². The van der Waals surface area contributed by atoms with Crippen LogP contribution in [-0.2, 0) is 0 Å². The van der Waals surface area contributed by atoms with Gasteiger partial charge in [-0.1, -0.05) is 12.8 Å². The van der Waals surface area contributed by atoms with Crippen LogP contribution in [0.2, 0.25) is 0 Å².